The summed E-state index contributed by atoms with van der Waals surface area (Å²) >= 11 is 0. The minimum Gasteiger partial charge on any atom is -0.467 e. The highest BCUT2D eigenvalue weighted by Crippen LogP contribution is 2.47. The molecule has 0 saturated heterocycles. The number of hydrogen-bond donors (Lipinski definition) is 0. The van der Waals surface area contributed by atoms with Crippen LogP contribution in [0.15, 0.2) is 12.1 Å². The molecule has 1 aromatic carbocycles. The van der Waals surface area contributed by atoms with Gasteiger partial charge in [0.25, 0.3) is 0 Å². The summed E-state index contributed by atoms with van der Waals surface area (Å²) in [6.07, 6.45) is -0.445. The van der Waals surface area contributed by atoms with E-state index in [1.165, 1.54) is 14.2 Å². The molecule has 0 radical (unpaired) electrons. The predicted molar refractivity (Wildman–Crippen MR) is 96.2 cm³/mol. The fourth-order valence-corrected chi connectivity index (χ4v) is 2.98. The van der Waals surface area contributed by atoms with Gasteiger partial charge < -0.3 is 28.0 Å². The molecule has 0 N–H and O–H groups in total. The molecule has 9 heteroatoms. The minimum atomic E-state index is -3.54. The van der Waals surface area contributed by atoms with Gasteiger partial charge in [-0.2, -0.15) is 0 Å². The lowest BCUT2D eigenvalue weighted by Gasteiger charge is -2.18. The molecule has 0 spiro atoms. The van der Waals surface area contributed by atoms with E-state index in [2.05, 4.69) is 0 Å². The van der Waals surface area contributed by atoms with E-state index in [9.17, 15) is 9.36 Å². The van der Waals surface area contributed by atoms with Gasteiger partial charge in [-0.3, -0.25) is 9.36 Å². The fourth-order valence-electron chi connectivity index (χ4n) is 2.06. The smallest absolute Gasteiger partial charge is 0.337 e. The Morgan fingerprint density at radius 3 is 1.81 bits per heavy atom. The highest BCUT2D eigenvalue weighted by molar-refractivity contribution is 7.54. The van der Waals surface area contributed by atoms with Crippen molar-refractivity contribution in [1.29, 1.82) is 0 Å². The molecule has 0 heterocycles. The summed E-state index contributed by atoms with van der Waals surface area (Å²) in [6.45, 7) is 6.36. The maximum absolute atomic E-state index is 12.8. The third-order valence-corrected chi connectivity index (χ3v) is 5.17. The zero-order chi connectivity index (χ0) is 19.6. The van der Waals surface area contributed by atoms with Crippen molar-refractivity contribution in [3.05, 3.63) is 23.3 Å². The molecular weight excluding hydrogens is 363 g/mol. The van der Waals surface area contributed by atoms with Crippen molar-refractivity contribution < 1.29 is 37.4 Å². The van der Waals surface area contributed by atoms with Gasteiger partial charge in [0.1, 0.15) is 23.2 Å². The molecule has 0 aliphatic heterocycles. The van der Waals surface area contributed by atoms with Crippen molar-refractivity contribution in [2.75, 3.05) is 47.2 Å². The van der Waals surface area contributed by atoms with Crippen LogP contribution in [0.5, 0.6) is 11.5 Å². The standard InChI is InChI=1S/C17H27O8P/c1-6-22-11-24-15-8-13(3)9-16(25-12-23-7-2)17(15)14(18)10-26(19,20-4)21-5/h8-9H,6-7,10-12H2,1-5H3. The van der Waals surface area contributed by atoms with Gasteiger partial charge in [-0.1, -0.05) is 0 Å². The number of benzene rings is 1. The molecule has 0 bridgehead atoms. The maximum atomic E-state index is 12.8. The topological polar surface area (TPSA) is 89.5 Å². The summed E-state index contributed by atoms with van der Waals surface area (Å²) < 4.78 is 43.6. The average molecular weight is 390 g/mol. The average Bonchev–Trinajstić information content (AvgIpc) is 2.61. The van der Waals surface area contributed by atoms with Gasteiger partial charge in [-0.25, -0.2) is 0 Å². The van der Waals surface area contributed by atoms with Gasteiger partial charge in [0.05, 0.1) is 0 Å². The molecule has 8 nitrogen and oxygen atoms in total. The van der Waals surface area contributed by atoms with E-state index < -0.39 is 19.5 Å². The van der Waals surface area contributed by atoms with Crippen LogP contribution in [0.2, 0.25) is 0 Å². The van der Waals surface area contributed by atoms with Crippen LogP contribution in [0.25, 0.3) is 0 Å². The molecule has 1 aromatic rings. The quantitative estimate of drug-likeness (QED) is 0.219. The van der Waals surface area contributed by atoms with Crippen molar-refractivity contribution in [2.24, 2.45) is 0 Å². The van der Waals surface area contributed by atoms with Crippen LogP contribution in [0, 0.1) is 6.92 Å². The predicted octanol–water partition coefficient (Wildman–Crippen LogP) is 3.41. The summed E-state index contributed by atoms with van der Waals surface area (Å²) in [5.74, 6) is 0.0532. The second kappa shape index (κ2) is 11.3. The lowest BCUT2D eigenvalue weighted by Crippen LogP contribution is -2.15. The maximum Gasteiger partial charge on any atom is 0.337 e. The Morgan fingerprint density at radius 1 is 0.962 bits per heavy atom. The Kier molecular flexibility index (Phi) is 9.83. The number of aryl methyl sites for hydroxylation is 1. The van der Waals surface area contributed by atoms with Crippen LogP contribution in [-0.2, 0) is 23.1 Å². The van der Waals surface area contributed by atoms with Crippen LogP contribution in [-0.4, -0.2) is 53.0 Å². The zero-order valence-electron chi connectivity index (χ0n) is 15.9. The van der Waals surface area contributed by atoms with Gasteiger partial charge in [0.15, 0.2) is 19.4 Å². The molecule has 0 atom stereocenters. The van der Waals surface area contributed by atoms with Crippen molar-refractivity contribution >= 4 is 13.4 Å². The molecule has 0 unspecified atom stereocenters. The van der Waals surface area contributed by atoms with E-state index in [0.29, 0.717) is 13.2 Å². The fraction of sp³-hybridized carbons (Fsp3) is 0.588. The lowest BCUT2D eigenvalue weighted by atomic mass is 10.1. The van der Waals surface area contributed by atoms with Crippen LogP contribution >= 0.6 is 7.60 Å². The van der Waals surface area contributed by atoms with Crippen molar-refractivity contribution in [1.82, 2.24) is 0 Å². The van der Waals surface area contributed by atoms with Gasteiger partial charge in [0.2, 0.25) is 0 Å². The van der Waals surface area contributed by atoms with Gasteiger partial charge in [-0.15, -0.1) is 0 Å². The van der Waals surface area contributed by atoms with E-state index >= 15 is 0 Å². The number of rotatable bonds is 13. The number of carbonyl (C=O) groups excluding carboxylic acids is 1. The highest BCUT2D eigenvalue weighted by atomic mass is 31.2. The zero-order valence-corrected chi connectivity index (χ0v) is 16.8. The second-order valence-electron chi connectivity index (χ2n) is 5.20. The lowest BCUT2D eigenvalue weighted by molar-refractivity contribution is 0.0172. The van der Waals surface area contributed by atoms with Gasteiger partial charge >= 0.3 is 7.60 Å². The first-order valence-corrected chi connectivity index (χ1v) is 9.93. The summed E-state index contributed by atoms with van der Waals surface area (Å²) in [4.78, 5) is 12.8. The molecule has 0 aromatic heterocycles. The van der Waals surface area contributed by atoms with Crippen LogP contribution in [0.1, 0.15) is 29.8 Å². The van der Waals surface area contributed by atoms with Crippen LogP contribution in [0.3, 0.4) is 0 Å². The molecule has 0 aliphatic rings. The molecule has 0 saturated carbocycles. The number of carbonyl (C=O) groups is 1. The van der Waals surface area contributed by atoms with Gasteiger partial charge in [-0.05, 0) is 38.5 Å². The molecule has 148 valence electrons. The van der Waals surface area contributed by atoms with E-state index in [-0.39, 0.29) is 30.6 Å². The summed E-state index contributed by atoms with van der Waals surface area (Å²) in [6, 6.07) is 3.37. The highest BCUT2D eigenvalue weighted by Gasteiger charge is 2.30. The number of Topliss-reactive ketones (excluding diaryl/α,β-unsaturated/α-hetero) is 1. The first-order valence-electron chi connectivity index (χ1n) is 8.20. The Hall–Kier alpha value is -1.44. The van der Waals surface area contributed by atoms with Crippen molar-refractivity contribution in [3.63, 3.8) is 0 Å². The third-order valence-electron chi connectivity index (χ3n) is 3.39. The summed E-state index contributed by atoms with van der Waals surface area (Å²) in [5, 5.41) is 0. The Labute approximate surface area is 154 Å². The first-order chi connectivity index (χ1) is 12.4. The van der Waals surface area contributed by atoms with Crippen molar-refractivity contribution in [3.8, 4) is 11.5 Å². The Morgan fingerprint density at radius 2 is 1.42 bits per heavy atom. The van der Waals surface area contributed by atoms with Crippen LogP contribution in [0.4, 0.5) is 0 Å². The normalized spacial score (nSPS) is 11.4. The molecule has 0 amide bonds. The summed E-state index contributed by atoms with van der Waals surface area (Å²) in [5.41, 5.74) is 0.963. The third kappa shape index (κ3) is 6.70. The molecule has 1 rings (SSSR count). The summed E-state index contributed by atoms with van der Waals surface area (Å²) in [7, 11) is -1.08. The molecule has 0 fully saturated rings. The number of ketones is 1. The van der Waals surface area contributed by atoms with E-state index in [0.717, 1.165) is 5.56 Å². The number of ether oxygens (including phenoxy) is 4. The number of hydrogen-bond acceptors (Lipinski definition) is 8. The van der Waals surface area contributed by atoms with Crippen LogP contribution < -0.4 is 9.47 Å². The Bertz CT molecular complexity index is 592. The monoisotopic (exact) mass is 390 g/mol. The Balaban J connectivity index is 3.23. The molecular formula is C17H27O8P. The van der Waals surface area contributed by atoms with Gasteiger partial charge in [0, 0.05) is 27.4 Å². The minimum absolute atomic E-state index is 0.0304. The largest absolute Gasteiger partial charge is 0.467 e. The SMILES string of the molecule is CCOCOc1cc(C)cc(OCOCC)c1C(=O)CP(=O)(OC)OC. The van der Waals surface area contributed by atoms with E-state index in [4.69, 9.17) is 28.0 Å². The molecule has 26 heavy (non-hydrogen) atoms. The first kappa shape index (κ1) is 22.6. The molecule has 0 aliphatic carbocycles. The van der Waals surface area contributed by atoms with E-state index in [1.54, 1.807) is 12.1 Å². The van der Waals surface area contributed by atoms with Crippen molar-refractivity contribution in [2.45, 2.75) is 20.8 Å². The van der Waals surface area contributed by atoms with E-state index in [1.807, 2.05) is 20.8 Å². The second-order valence-corrected chi connectivity index (χ2v) is 7.47.